The fraction of sp³-hybridized carbons (Fsp3) is 0.214. The zero-order valence-corrected chi connectivity index (χ0v) is 29.2. The molecule has 1 radical (unpaired) electrons. The first-order valence-corrected chi connectivity index (χ1v) is 15.3. The summed E-state index contributed by atoms with van der Waals surface area (Å²) in [5, 5.41) is 1.64. The predicted molar refractivity (Wildman–Crippen MR) is 189 cm³/mol. The van der Waals surface area contributed by atoms with E-state index in [2.05, 4.69) is 85.1 Å². The molecule has 0 aliphatic heterocycles. The van der Waals surface area contributed by atoms with Gasteiger partial charge < -0.3 is 14.4 Å². The summed E-state index contributed by atoms with van der Waals surface area (Å²) < 4.78 is 50.8. The van der Waals surface area contributed by atoms with Crippen molar-refractivity contribution in [3.8, 4) is 22.5 Å². The van der Waals surface area contributed by atoms with E-state index in [1.807, 2.05) is 36.5 Å². The number of aryl methyl sites for hydroxylation is 3. The molecule has 4 aromatic heterocycles. The Bertz CT molecular complexity index is 2310. The van der Waals surface area contributed by atoms with Gasteiger partial charge in [-0.25, -0.2) is 4.98 Å². The monoisotopic (exact) mass is 800 g/mol. The summed E-state index contributed by atoms with van der Waals surface area (Å²) in [5.41, 5.74) is 9.45. The van der Waals surface area contributed by atoms with E-state index in [-0.39, 0.29) is 36.8 Å². The molecule has 0 atom stereocenters. The molecule has 0 aliphatic rings. The number of benzene rings is 3. The third kappa shape index (κ3) is 8.29. The molecule has 5 heteroatoms. The predicted octanol–water partition coefficient (Wildman–Crippen LogP) is 10.5. The molecule has 0 spiro atoms. The minimum Gasteiger partial charge on any atom is -0.486 e. The van der Waals surface area contributed by atoms with Crippen LogP contribution in [0.5, 0.6) is 0 Å². The largest absolute Gasteiger partial charge is 0.486 e. The fourth-order valence-electron chi connectivity index (χ4n) is 5.42. The molecule has 0 aliphatic carbocycles. The number of hydrogen-bond acceptors (Lipinski definition) is 4. The Kier molecular flexibility index (Phi) is 8.23. The maximum atomic E-state index is 7.66. The summed E-state index contributed by atoms with van der Waals surface area (Å²) in [5.74, 6) is 0. The van der Waals surface area contributed by atoms with Crippen LogP contribution in [0.4, 0.5) is 0 Å². The number of furan rings is 1. The molecule has 4 heterocycles. The van der Waals surface area contributed by atoms with Crippen molar-refractivity contribution < 1.29 is 32.7 Å². The normalized spacial score (nSPS) is 13.6. The van der Waals surface area contributed by atoms with Gasteiger partial charge in [-0.05, 0) is 90.2 Å². The van der Waals surface area contributed by atoms with E-state index in [0.717, 1.165) is 51.7 Å². The first kappa shape index (κ1) is 26.6. The Hall–Kier alpha value is -4.44. The van der Waals surface area contributed by atoms with Crippen molar-refractivity contribution in [1.82, 2.24) is 15.0 Å². The molecular weight excluding hydrogens is 755 g/mol. The van der Waals surface area contributed by atoms with Gasteiger partial charge in [0.25, 0.3) is 0 Å². The molecule has 4 nitrogen and oxygen atoms in total. The Morgan fingerprint density at radius 2 is 1.60 bits per heavy atom. The first-order chi connectivity index (χ1) is 24.5. The molecule has 7 aromatic rings. The molecule has 3 aromatic carbocycles. The van der Waals surface area contributed by atoms with Gasteiger partial charge in [0.15, 0.2) is 0 Å². The molecule has 0 saturated carbocycles. The van der Waals surface area contributed by atoms with Gasteiger partial charge in [0.2, 0.25) is 5.71 Å². The van der Waals surface area contributed by atoms with Crippen molar-refractivity contribution in [3.63, 3.8) is 0 Å². The molecular formula is C42H39IrN3O-2. The van der Waals surface area contributed by atoms with Crippen LogP contribution in [-0.4, -0.2) is 15.0 Å². The second-order valence-corrected chi connectivity index (χ2v) is 12.7. The van der Waals surface area contributed by atoms with E-state index in [4.69, 9.17) is 12.6 Å². The second-order valence-electron chi connectivity index (χ2n) is 12.7. The van der Waals surface area contributed by atoms with E-state index < -0.39 is 13.7 Å². The van der Waals surface area contributed by atoms with Crippen molar-refractivity contribution in [2.75, 3.05) is 0 Å². The molecule has 239 valence electrons. The quantitative estimate of drug-likeness (QED) is 0.163. The number of aromatic nitrogens is 3. The number of nitrogens with zero attached hydrogens (tertiary/aromatic N) is 3. The number of pyridine rings is 3. The molecule has 0 fully saturated rings. The molecule has 7 rings (SSSR count). The summed E-state index contributed by atoms with van der Waals surface area (Å²) in [4.78, 5) is 13.1. The Labute approximate surface area is 300 Å². The van der Waals surface area contributed by atoms with Gasteiger partial charge in [-0.15, -0.1) is 54.1 Å². The number of rotatable bonds is 5. The van der Waals surface area contributed by atoms with Crippen LogP contribution in [0.3, 0.4) is 0 Å². The summed E-state index contributed by atoms with van der Waals surface area (Å²) in [6.45, 7) is 4.46. The third-order valence-electron chi connectivity index (χ3n) is 7.67. The van der Waals surface area contributed by atoms with Crippen LogP contribution >= 0.6 is 0 Å². The number of hydrogen-bond donors (Lipinski definition) is 0. The van der Waals surface area contributed by atoms with Crippen molar-refractivity contribution in [2.45, 2.75) is 54.2 Å². The van der Waals surface area contributed by atoms with E-state index in [9.17, 15) is 0 Å². The van der Waals surface area contributed by atoms with E-state index in [1.54, 1.807) is 24.3 Å². The van der Waals surface area contributed by atoms with E-state index in [1.165, 1.54) is 29.0 Å². The van der Waals surface area contributed by atoms with Crippen LogP contribution in [0.15, 0.2) is 108 Å². The Morgan fingerprint density at radius 1 is 0.787 bits per heavy atom. The molecule has 0 bridgehead atoms. The zero-order chi connectivity index (χ0) is 37.3. The van der Waals surface area contributed by atoms with Crippen molar-refractivity contribution >= 4 is 22.1 Å². The average molecular weight is 800 g/mol. The Morgan fingerprint density at radius 3 is 2.30 bits per heavy atom. The van der Waals surface area contributed by atoms with Crippen molar-refractivity contribution in [1.29, 1.82) is 0 Å². The first-order valence-electron chi connectivity index (χ1n) is 18.3. The Balaban J connectivity index is 0.000000267. The van der Waals surface area contributed by atoms with Crippen LogP contribution in [0.25, 0.3) is 44.6 Å². The molecule has 0 N–H and O–H groups in total. The average Bonchev–Trinajstić information content (AvgIpc) is 3.48. The van der Waals surface area contributed by atoms with Crippen LogP contribution in [0, 0.1) is 38.2 Å². The number of fused-ring (bicyclic) bond motifs is 3. The van der Waals surface area contributed by atoms with E-state index in [0.29, 0.717) is 11.3 Å². The molecule has 0 saturated heterocycles. The van der Waals surface area contributed by atoms with Crippen LogP contribution in [-0.2, 0) is 32.9 Å². The van der Waals surface area contributed by atoms with Crippen LogP contribution < -0.4 is 0 Å². The van der Waals surface area contributed by atoms with Gasteiger partial charge in [-0.2, -0.15) is 0 Å². The smallest absolute Gasteiger partial charge is 0.216 e. The van der Waals surface area contributed by atoms with Gasteiger partial charge in [-0.3, -0.25) is 0 Å². The van der Waals surface area contributed by atoms with Gasteiger partial charge >= 0.3 is 0 Å². The van der Waals surface area contributed by atoms with Crippen LogP contribution in [0.1, 0.15) is 62.5 Å². The van der Waals surface area contributed by atoms with Crippen molar-refractivity contribution in [2.24, 2.45) is 5.41 Å². The maximum Gasteiger partial charge on any atom is 0.216 e. The van der Waals surface area contributed by atoms with Crippen LogP contribution in [0.2, 0.25) is 0 Å². The zero-order valence-electron chi connectivity index (χ0n) is 32.8. The topological polar surface area (TPSA) is 51.8 Å². The minimum atomic E-state index is -2.29. The van der Waals surface area contributed by atoms with Gasteiger partial charge in [-0.1, -0.05) is 74.2 Å². The minimum absolute atomic E-state index is 0. The van der Waals surface area contributed by atoms with Gasteiger partial charge in [0.1, 0.15) is 0 Å². The third-order valence-corrected chi connectivity index (χ3v) is 7.67. The SMILES string of the molecule is [2H]C([2H])([2H])c1ccc(-c2[c-]cccc2)nc1.[2H]C([2H])([2H])c1ccc2c(n1)oc1c(-c3cc(Cc4ccc(CC(C)(C)C)cc4)c(C)cn3)[c-]ccc12.[Ir]. The van der Waals surface area contributed by atoms with Gasteiger partial charge in [0.05, 0.1) is 5.58 Å². The molecule has 0 amide bonds. The summed E-state index contributed by atoms with van der Waals surface area (Å²) in [7, 11) is 0. The van der Waals surface area contributed by atoms with E-state index >= 15 is 0 Å². The fourth-order valence-corrected chi connectivity index (χ4v) is 5.42. The summed E-state index contributed by atoms with van der Waals surface area (Å²) >= 11 is 0. The van der Waals surface area contributed by atoms with Gasteiger partial charge in [0, 0.05) is 51.8 Å². The molecule has 0 unspecified atom stereocenters. The summed E-state index contributed by atoms with van der Waals surface area (Å²) in [6, 6.07) is 35.1. The maximum absolute atomic E-state index is 7.66. The summed E-state index contributed by atoms with van der Waals surface area (Å²) in [6.07, 6.45) is 5.13. The standard InChI is InChI=1S/C30H29N2O.C12H10N.Ir/c1-19-18-31-27(16-23(19)15-21-10-12-22(13-11-21)17-30(3,4)5)26-8-6-7-24-25-14-9-20(2)32-29(25)33-28(24)26;1-10-7-8-12(13-9-10)11-5-3-2-4-6-11;/h6-7,9-14,16,18H,15,17H2,1-5H3;2-5,7-9H,1H3;/q2*-1;/i2D3;1D3;. The molecule has 47 heavy (non-hydrogen) atoms. The second kappa shape index (κ2) is 14.5. The van der Waals surface area contributed by atoms with Crippen molar-refractivity contribution in [3.05, 3.63) is 149 Å².